The average molecular weight is 230 g/mol. The molecule has 4 heteroatoms. The molecule has 2 aliphatic rings. The highest BCUT2D eigenvalue weighted by atomic mass is 16.5. The zero-order valence-electron chi connectivity index (χ0n) is 9.60. The van der Waals surface area contributed by atoms with Crippen LogP contribution >= 0.6 is 0 Å². The van der Waals surface area contributed by atoms with Crippen LogP contribution in [0.5, 0.6) is 0 Å². The summed E-state index contributed by atoms with van der Waals surface area (Å²) in [6, 6.07) is 0. The van der Waals surface area contributed by atoms with Crippen molar-refractivity contribution in [1.29, 1.82) is 0 Å². The zero-order valence-corrected chi connectivity index (χ0v) is 9.60. The van der Waals surface area contributed by atoms with E-state index < -0.39 is 11.6 Å². The maximum absolute atomic E-state index is 9.64. The Bertz CT molecular complexity index is 223. The van der Waals surface area contributed by atoms with Crippen LogP contribution in [0.15, 0.2) is 0 Å². The molecule has 2 rings (SSSR count). The maximum atomic E-state index is 9.64. The van der Waals surface area contributed by atoms with Crippen LogP contribution in [0.1, 0.15) is 51.4 Å². The lowest BCUT2D eigenvalue weighted by molar-refractivity contribution is -0.216. The summed E-state index contributed by atoms with van der Waals surface area (Å²) in [5, 5.41) is 38.5. The first kappa shape index (κ1) is 12.3. The fraction of sp³-hybridized carbons (Fsp3) is 1.00. The van der Waals surface area contributed by atoms with Crippen molar-refractivity contribution in [3.05, 3.63) is 0 Å². The fourth-order valence-electron chi connectivity index (χ4n) is 3.35. The molecule has 0 radical (unpaired) electrons. The molecular formula is C12H22O4. The van der Waals surface area contributed by atoms with Crippen molar-refractivity contribution in [1.82, 2.24) is 0 Å². The van der Waals surface area contributed by atoms with Gasteiger partial charge in [-0.05, 0) is 37.5 Å². The van der Waals surface area contributed by atoms with Gasteiger partial charge in [0.1, 0.15) is 0 Å². The monoisotopic (exact) mass is 230 g/mol. The number of hydrogen-bond acceptors (Lipinski definition) is 4. The van der Waals surface area contributed by atoms with E-state index in [1.807, 2.05) is 0 Å². The van der Waals surface area contributed by atoms with Gasteiger partial charge in [0.2, 0.25) is 0 Å². The van der Waals surface area contributed by atoms with E-state index in [-0.39, 0.29) is 11.8 Å². The number of aliphatic hydroxyl groups is 4. The Morgan fingerprint density at radius 1 is 0.688 bits per heavy atom. The van der Waals surface area contributed by atoms with Gasteiger partial charge in [-0.15, -0.1) is 0 Å². The molecule has 0 amide bonds. The van der Waals surface area contributed by atoms with Crippen molar-refractivity contribution < 1.29 is 20.4 Å². The highest BCUT2D eigenvalue weighted by Crippen LogP contribution is 2.42. The molecule has 0 aliphatic heterocycles. The molecule has 4 nitrogen and oxygen atoms in total. The van der Waals surface area contributed by atoms with Crippen LogP contribution in [0.2, 0.25) is 0 Å². The minimum absolute atomic E-state index is 0.225. The third-order valence-corrected chi connectivity index (χ3v) is 4.15. The first-order valence-electron chi connectivity index (χ1n) is 6.27. The van der Waals surface area contributed by atoms with Crippen LogP contribution in [0.25, 0.3) is 0 Å². The van der Waals surface area contributed by atoms with Crippen molar-refractivity contribution in [3.8, 4) is 0 Å². The molecule has 0 aromatic heterocycles. The van der Waals surface area contributed by atoms with Crippen LogP contribution in [0.3, 0.4) is 0 Å². The maximum Gasteiger partial charge on any atom is 0.162 e. The second-order valence-electron chi connectivity index (χ2n) is 5.68. The topological polar surface area (TPSA) is 80.9 Å². The van der Waals surface area contributed by atoms with Crippen molar-refractivity contribution in [3.63, 3.8) is 0 Å². The molecule has 0 aromatic carbocycles. The average Bonchev–Trinajstić information content (AvgIpc) is 2.14. The van der Waals surface area contributed by atoms with Crippen molar-refractivity contribution >= 4 is 0 Å². The van der Waals surface area contributed by atoms with Crippen LogP contribution in [-0.2, 0) is 0 Å². The standard InChI is InChI=1S/C12H22O4/c13-11(14)5-1-3-9(7-11)10-4-2-6-12(15,16)8-10/h9-10,13-16H,1-8H2. The van der Waals surface area contributed by atoms with Crippen LogP contribution in [-0.4, -0.2) is 32.0 Å². The summed E-state index contributed by atoms with van der Waals surface area (Å²) in [4.78, 5) is 0. The summed E-state index contributed by atoms with van der Waals surface area (Å²) in [5.41, 5.74) is 0. The summed E-state index contributed by atoms with van der Waals surface area (Å²) in [6.07, 6.45) is 5.24. The highest BCUT2D eigenvalue weighted by molar-refractivity contribution is 4.87. The molecule has 2 saturated carbocycles. The van der Waals surface area contributed by atoms with Gasteiger partial charge in [-0.25, -0.2) is 0 Å². The third-order valence-electron chi connectivity index (χ3n) is 4.15. The van der Waals surface area contributed by atoms with Gasteiger partial charge in [-0.3, -0.25) is 0 Å². The SMILES string of the molecule is OC1(O)CCCC(C2CCCC(O)(O)C2)C1. The van der Waals surface area contributed by atoms with E-state index in [2.05, 4.69) is 0 Å². The second kappa shape index (κ2) is 4.26. The van der Waals surface area contributed by atoms with Crippen molar-refractivity contribution in [2.45, 2.75) is 62.9 Å². The van der Waals surface area contributed by atoms with Gasteiger partial charge in [0.25, 0.3) is 0 Å². The van der Waals surface area contributed by atoms with Gasteiger partial charge in [-0.2, -0.15) is 0 Å². The Morgan fingerprint density at radius 2 is 1.06 bits per heavy atom. The minimum atomic E-state index is -1.53. The molecule has 0 aromatic rings. The molecule has 94 valence electrons. The lowest BCUT2D eigenvalue weighted by Gasteiger charge is -2.41. The number of rotatable bonds is 1. The first-order chi connectivity index (χ1) is 7.38. The molecule has 16 heavy (non-hydrogen) atoms. The Morgan fingerprint density at radius 3 is 1.38 bits per heavy atom. The predicted octanol–water partition coefficient (Wildman–Crippen LogP) is 0.729. The molecule has 2 aliphatic carbocycles. The van der Waals surface area contributed by atoms with E-state index in [4.69, 9.17) is 0 Å². The van der Waals surface area contributed by atoms with Gasteiger partial charge < -0.3 is 20.4 Å². The summed E-state index contributed by atoms with van der Waals surface area (Å²) in [6.45, 7) is 0. The summed E-state index contributed by atoms with van der Waals surface area (Å²) in [5.74, 6) is -2.62. The van der Waals surface area contributed by atoms with Gasteiger partial charge in [-0.1, -0.05) is 0 Å². The molecule has 0 spiro atoms. The van der Waals surface area contributed by atoms with Gasteiger partial charge in [0.15, 0.2) is 11.6 Å². The second-order valence-corrected chi connectivity index (χ2v) is 5.68. The Balaban J connectivity index is 1.96. The molecule has 0 bridgehead atoms. The molecule has 2 fully saturated rings. The van der Waals surface area contributed by atoms with Crippen LogP contribution in [0, 0.1) is 11.8 Å². The molecule has 0 heterocycles. The smallest absolute Gasteiger partial charge is 0.162 e. The Kier molecular flexibility index (Phi) is 3.27. The van der Waals surface area contributed by atoms with E-state index in [9.17, 15) is 20.4 Å². The normalized spacial score (nSPS) is 38.2. The molecule has 0 saturated heterocycles. The molecule has 4 N–H and O–H groups in total. The van der Waals surface area contributed by atoms with Crippen molar-refractivity contribution in [2.75, 3.05) is 0 Å². The van der Waals surface area contributed by atoms with Crippen molar-refractivity contribution in [2.24, 2.45) is 11.8 Å². The van der Waals surface area contributed by atoms with E-state index in [0.717, 1.165) is 25.7 Å². The highest BCUT2D eigenvalue weighted by Gasteiger charge is 2.40. The molecule has 2 unspecified atom stereocenters. The lowest BCUT2D eigenvalue weighted by atomic mass is 9.70. The predicted molar refractivity (Wildman–Crippen MR) is 58.3 cm³/mol. The van der Waals surface area contributed by atoms with Gasteiger partial charge >= 0.3 is 0 Å². The third kappa shape index (κ3) is 2.94. The Hall–Kier alpha value is -0.160. The summed E-state index contributed by atoms with van der Waals surface area (Å²) >= 11 is 0. The van der Waals surface area contributed by atoms with E-state index in [1.165, 1.54) is 0 Å². The molecule has 2 atom stereocenters. The van der Waals surface area contributed by atoms with Crippen LogP contribution in [0.4, 0.5) is 0 Å². The fourth-order valence-corrected chi connectivity index (χ4v) is 3.35. The number of hydrogen-bond donors (Lipinski definition) is 4. The van der Waals surface area contributed by atoms with Gasteiger partial charge in [0.05, 0.1) is 0 Å². The first-order valence-corrected chi connectivity index (χ1v) is 6.27. The Labute approximate surface area is 95.9 Å². The van der Waals surface area contributed by atoms with Crippen LogP contribution < -0.4 is 0 Å². The summed E-state index contributed by atoms with van der Waals surface area (Å²) < 4.78 is 0. The van der Waals surface area contributed by atoms with E-state index in [0.29, 0.717) is 25.7 Å². The molecular weight excluding hydrogens is 208 g/mol. The zero-order chi connectivity index (χ0) is 11.8. The van der Waals surface area contributed by atoms with E-state index >= 15 is 0 Å². The minimum Gasteiger partial charge on any atom is -0.366 e. The summed E-state index contributed by atoms with van der Waals surface area (Å²) in [7, 11) is 0. The van der Waals surface area contributed by atoms with Gasteiger partial charge in [0, 0.05) is 25.7 Å². The van der Waals surface area contributed by atoms with E-state index in [1.54, 1.807) is 0 Å². The lowest BCUT2D eigenvalue weighted by Crippen LogP contribution is -2.42. The quantitative estimate of drug-likeness (QED) is 0.501. The largest absolute Gasteiger partial charge is 0.366 e.